The van der Waals surface area contributed by atoms with Gasteiger partial charge in [0.2, 0.25) is 0 Å². The maximum atomic E-state index is 13.0. The number of amides is 1. The van der Waals surface area contributed by atoms with Gasteiger partial charge in [0.15, 0.2) is 0 Å². The van der Waals surface area contributed by atoms with Crippen LogP contribution in [0.2, 0.25) is 5.02 Å². The third-order valence-corrected chi connectivity index (χ3v) is 4.93. The van der Waals surface area contributed by atoms with Crippen molar-refractivity contribution < 1.29 is 14.6 Å². The molecule has 6 heteroatoms. The molecular formula is C21H25ClN2O3. The predicted molar refractivity (Wildman–Crippen MR) is 108 cm³/mol. The number of aliphatic hydroxyl groups is 1. The molecule has 144 valence electrons. The number of carbonyl (C=O) groups is 1. The Morgan fingerprint density at radius 3 is 2.70 bits per heavy atom. The minimum Gasteiger partial charge on any atom is -0.488 e. The van der Waals surface area contributed by atoms with E-state index in [1.807, 2.05) is 32.0 Å². The van der Waals surface area contributed by atoms with Crippen LogP contribution in [0.5, 0.6) is 5.75 Å². The Morgan fingerprint density at radius 2 is 2.04 bits per heavy atom. The highest BCUT2D eigenvalue weighted by atomic mass is 35.5. The standard InChI is InChI=1S/C21H25ClN2O3/c1-3-23-18-9-4-14(2)12-17(18)21(26)24-11-10-20(19(25)13-24)27-16-7-5-15(22)6-8-16/h4-9,12,19-20,23,25H,3,10-11,13H2,1-2H3/t19-,20-/m1/s1. The van der Waals surface area contributed by atoms with Crippen LogP contribution >= 0.6 is 11.6 Å². The molecule has 0 radical (unpaired) electrons. The van der Waals surface area contributed by atoms with Crippen molar-refractivity contribution in [1.29, 1.82) is 0 Å². The first-order chi connectivity index (χ1) is 13.0. The van der Waals surface area contributed by atoms with Gasteiger partial charge in [0, 0.05) is 30.2 Å². The zero-order valence-electron chi connectivity index (χ0n) is 15.6. The number of anilines is 1. The zero-order valence-corrected chi connectivity index (χ0v) is 16.4. The van der Waals surface area contributed by atoms with Crippen molar-refractivity contribution in [2.24, 2.45) is 0 Å². The van der Waals surface area contributed by atoms with E-state index in [0.29, 0.717) is 29.3 Å². The van der Waals surface area contributed by atoms with Gasteiger partial charge in [-0.25, -0.2) is 0 Å². The molecular weight excluding hydrogens is 364 g/mol. The lowest BCUT2D eigenvalue weighted by atomic mass is 10.0. The number of benzene rings is 2. The van der Waals surface area contributed by atoms with E-state index in [1.54, 1.807) is 29.2 Å². The van der Waals surface area contributed by atoms with Gasteiger partial charge in [-0.1, -0.05) is 23.2 Å². The number of nitrogens with one attached hydrogen (secondary N) is 1. The second kappa shape index (κ2) is 8.63. The summed E-state index contributed by atoms with van der Waals surface area (Å²) in [6, 6.07) is 12.9. The second-order valence-corrected chi connectivity index (χ2v) is 7.23. The number of rotatable bonds is 5. The number of β-amino-alcohol motifs (C(OH)–C–C–N with tert-alkyl or cyclic N) is 1. The minimum atomic E-state index is -0.745. The smallest absolute Gasteiger partial charge is 0.256 e. The number of aryl methyl sites for hydroxylation is 1. The third kappa shape index (κ3) is 4.73. The number of halogens is 1. The van der Waals surface area contributed by atoms with E-state index in [-0.39, 0.29) is 18.6 Å². The molecule has 0 unspecified atom stereocenters. The van der Waals surface area contributed by atoms with Crippen LogP contribution in [0.3, 0.4) is 0 Å². The molecule has 0 spiro atoms. The fraction of sp³-hybridized carbons (Fsp3) is 0.381. The summed E-state index contributed by atoms with van der Waals surface area (Å²) >= 11 is 5.89. The highest BCUT2D eigenvalue weighted by Gasteiger charge is 2.32. The Bertz CT molecular complexity index is 795. The SMILES string of the molecule is CCNc1ccc(C)cc1C(=O)N1CC[C@@H](Oc2ccc(Cl)cc2)[C@H](O)C1. The summed E-state index contributed by atoms with van der Waals surface area (Å²) in [5.74, 6) is 0.593. The number of nitrogens with zero attached hydrogens (tertiary/aromatic N) is 1. The molecule has 0 aliphatic carbocycles. The van der Waals surface area contributed by atoms with Crippen LogP contribution in [0.25, 0.3) is 0 Å². The van der Waals surface area contributed by atoms with E-state index >= 15 is 0 Å². The molecule has 2 N–H and O–H groups in total. The van der Waals surface area contributed by atoms with Crippen molar-refractivity contribution >= 4 is 23.2 Å². The molecule has 2 aromatic carbocycles. The topological polar surface area (TPSA) is 61.8 Å². The molecule has 5 nitrogen and oxygen atoms in total. The van der Waals surface area contributed by atoms with Gasteiger partial charge < -0.3 is 20.1 Å². The van der Waals surface area contributed by atoms with Crippen LogP contribution < -0.4 is 10.1 Å². The molecule has 27 heavy (non-hydrogen) atoms. The molecule has 1 amide bonds. The summed E-state index contributed by atoms with van der Waals surface area (Å²) < 4.78 is 5.88. The van der Waals surface area contributed by atoms with Gasteiger partial charge in [-0.15, -0.1) is 0 Å². The zero-order chi connectivity index (χ0) is 19.4. The van der Waals surface area contributed by atoms with Crippen molar-refractivity contribution in [3.05, 3.63) is 58.6 Å². The Kier molecular flexibility index (Phi) is 6.24. The number of aliphatic hydroxyl groups excluding tert-OH is 1. The number of hydrogen-bond acceptors (Lipinski definition) is 4. The molecule has 0 bridgehead atoms. The molecule has 1 fully saturated rings. The van der Waals surface area contributed by atoms with Gasteiger partial charge in [0.05, 0.1) is 12.1 Å². The Morgan fingerprint density at radius 1 is 1.30 bits per heavy atom. The number of hydrogen-bond donors (Lipinski definition) is 2. The third-order valence-electron chi connectivity index (χ3n) is 4.68. The van der Waals surface area contributed by atoms with Crippen LogP contribution in [0, 0.1) is 6.92 Å². The van der Waals surface area contributed by atoms with Crippen LogP contribution in [-0.4, -0.2) is 47.8 Å². The summed E-state index contributed by atoms with van der Waals surface area (Å²) in [4.78, 5) is 14.7. The summed E-state index contributed by atoms with van der Waals surface area (Å²) in [7, 11) is 0. The lowest BCUT2D eigenvalue weighted by Gasteiger charge is -2.36. The van der Waals surface area contributed by atoms with Crippen molar-refractivity contribution in [3.8, 4) is 5.75 Å². The molecule has 1 aliphatic heterocycles. The number of ether oxygens (including phenoxy) is 1. The van der Waals surface area contributed by atoms with Crippen molar-refractivity contribution in [1.82, 2.24) is 4.90 Å². The highest BCUT2D eigenvalue weighted by Crippen LogP contribution is 2.24. The average Bonchev–Trinajstić information content (AvgIpc) is 2.66. The first-order valence-electron chi connectivity index (χ1n) is 9.22. The molecule has 1 aliphatic rings. The fourth-order valence-electron chi connectivity index (χ4n) is 3.27. The first-order valence-corrected chi connectivity index (χ1v) is 9.60. The Hall–Kier alpha value is -2.24. The van der Waals surface area contributed by atoms with Crippen LogP contribution in [0.4, 0.5) is 5.69 Å². The van der Waals surface area contributed by atoms with E-state index in [2.05, 4.69) is 5.32 Å². The number of piperidine rings is 1. The number of carbonyl (C=O) groups excluding carboxylic acids is 1. The van der Waals surface area contributed by atoms with Crippen LogP contribution in [0.1, 0.15) is 29.3 Å². The quantitative estimate of drug-likeness (QED) is 0.819. The first kappa shape index (κ1) is 19.5. The molecule has 1 saturated heterocycles. The van der Waals surface area contributed by atoms with Gasteiger partial charge in [0.1, 0.15) is 18.0 Å². The van der Waals surface area contributed by atoms with Gasteiger partial charge in [-0.3, -0.25) is 4.79 Å². The fourth-order valence-corrected chi connectivity index (χ4v) is 3.40. The van der Waals surface area contributed by atoms with Gasteiger partial charge in [0.25, 0.3) is 5.91 Å². The van der Waals surface area contributed by atoms with E-state index in [9.17, 15) is 9.90 Å². The summed E-state index contributed by atoms with van der Waals surface area (Å²) in [6.07, 6.45) is -0.524. The molecule has 2 atom stereocenters. The lowest BCUT2D eigenvalue weighted by Crippen LogP contribution is -2.51. The Labute approximate surface area is 164 Å². The van der Waals surface area contributed by atoms with Crippen LogP contribution in [0.15, 0.2) is 42.5 Å². The van der Waals surface area contributed by atoms with E-state index in [0.717, 1.165) is 17.8 Å². The predicted octanol–water partition coefficient (Wildman–Crippen LogP) is 3.73. The summed E-state index contributed by atoms with van der Waals surface area (Å²) in [6.45, 7) is 5.48. The Balaban J connectivity index is 1.68. The minimum absolute atomic E-state index is 0.0707. The van der Waals surface area contributed by atoms with E-state index < -0.39 is 6.10 Å². The summed E-state index contributed by atoms with van der Waals surface area (Å²) in [5, 5.41) is 14.4. The molecule has 0 saturated carbocycles. The molecule has 2 aromatic rings. The van der Waals surface area contributed by atoms with Gasteiger partial charge in [-0.2, -0.15) is 0 Å². The van der Waals surface area contributed by atoms with Gasteiger partial charge in [-0.05, 0) is 50.2 Å². The monoisotopic (exact) mass is 388 g/mol. The maximum Gasteiger partial charge on any atom is 0.256 e. The maximum absolute atomic E-state index is 13.0. The van der Waals surface area contributed by atoms with Crippen LogP contribution in [-0.2, 0) is 0 Å². The number of likely N-dealkylation sites (tertiary alicyclic amines) is 1. The lowest BCUT2D eigenvalue weighted by molar-refractivity contribution is -0.0198. The van der Waals surface area contributed by atoms with Crippen molar-refractivity contribution in [2.75, 3.05) is 25.0 Å². The summed E-state index contributed by atoms with van der Waals surface area (Å²) in [5.41, 5.74) is 2.49. The second-order valence-electron chi connectivity index (χ2n) is 6.80. The van der Waals surface area contributed by atoms with E-state index in [4.69, 9.17) is 16.3 Å². The molecule has 1 heterocycles. The van der Waals surface area contributed by atoms with E-state index in [1.165, 1.54) is 0 Å². The average molecular weight is 389 g/mol. The largest absolute Gasteiger partial charge is 0.488 e. The highest BCUT2D eigenvalue weighted by molar-refractivity contribution is 6.30. The van der Waals surface area contributed by atoms with Crippen molar-refractivity contribution in [3.63, 3.8) is 0 Å². The molecule has 3 rings (SSSR count). The van der Waals surface area contributed by atoms with Crippen molar-refractivity contribution in [2.45, 2.75) is 32.5 Å². The van der Waals surface area contributed by atoms with Gasteiger partial charge >= 0.3 is 0 Å². The normalized spacial score (nSPS) is 19.6. The molecule has 0 aromatic heterocycles.